The summed E-state index contributed by atoms with van der Waals surface area (Å²) in [4.78, 5) is 13.6. The monoisotopic (exact) mass is 368 g/mol. The van der Waals surface area contributed by atoms with Crippen LogP contribution in [0.15, 0.2) is 72.4 Å². The lowest BCUT2D eigenvalue weighted by Gasteiger charge is -2.10. The molecule has 130 valence electrons. The van der Waals surface area contributed by atoms with Gasteiger partial charge in [0, 0.05) is 40.5 Å². The molecule has 27 heavy (non-hydrogen) atoms. The highest BCUT2D eigenvalue weighted by molar-refractivity contribution is 7.17. The second-order valence-corrected chi connectivity index (χ2v) is 7.21. The largest absolute Gasteiger partial charge is 0.373 e. The summed E-state index contributed by atoms with van der Waals surface area (Å²) in [6, 6.07) is 18.9. The first-order valence-corrected chi connectivity index (χ1v) is 9.58. The lowest BCUT2D eigenvalue weighted by molar-refractivity contribution is 1.20. The Kier molecular flexibility index (Phi) is 3.80. The molecule has 4 nitrogen and oxygen atoms in total. The van der Waals surface area contributed by atoms with Crippen LogP contribution in [-0.2, 0) is 0 Å². The molecule has 0 fully saturated rings. The Morgan fingerprint density at radius 3 is 2.70 bits per heavy atom. The molecule has 0 saturated carbocycles. The second kappa shape index (κ2) is 6.45. The van der Waals surface area contributed by atoms with Crippen LogP contribution in [0.3, 0.4) is 0 Å². The van der Waals surface area contributed by atoms with Gasteiger partial charge in [-0.25, -0.2) is 9.97 Å². The molecule has 2 aromatic carbocycles. The minimum atomic E-state index is 0.674. The van der Waals surface area contributed by atoms with E-state index in [0.29, 0.717) is 5.82 Å². The number of anilines is 1. The number of rotatable bonds is 3. The third kappa shape index (κ3) is 2.73. The highest BCUT2D eigenvalue weighted by Crippen LogP contribution is 2.34. The van der Waals surface area contributed by atoms with Gasteiger partial charge in [0.2, 0.25) is 0 Å². The Balaban J connectivity index is 1.71. The van der Waals surface area contributed by atoms with Crippen LogP contribution in [-0.4, -0.2) is 22.0 Å². The summed E-state index contributed by atoms with van der Waals surface area (Å²) < 4.78 is 1.30. The van der Waals surface area contributed by atoms with Crippen molar-refractivity contribution in [2.75, 3.05) is 12.4 Å². The molecule has 5 aromatic rings. The van der Waals surface area contributed by atoms with E-state index in [9.17, 15) is 0 Å². The molecule has 0 bridgehead atoms. The summed E-state index contributed by atoms with van der Waals surface area (Å²) in [5, 5.41) is 7.65. The van der Waals surface area contributed by atoms with Gasteiger partial charge >= 0.3 is 0 Å². The number of nitrogens with zero attached hydrogens (tertiary/aromatic N) is 3. The summed E-state index contributed by atoms with van der Waals surface area (Å²) in [6.45, 7) is 0. The Hall–Kier alpha value is -3.31. The molecule has 0 radical (unpaired) electrons. The van der Waals surface area contributed by atoms with E-state index < -0.39 is 0 Å². The quantitative estimate of drug-likeness (QED) is 0.449. The van der Waals surface area contributed by atoms with Crippen molar-refractivity contribution in [3.8, 4) is 22.5 Å². The number of nitrogens with one attached hydrogen (secondary N) is 1. The van der Waals surface area contributed by atoms with Crippen molar-refractivity contribution in [2.24, 2.45) is 0 Å². The highest BCUT2D eigenvalue weighted by atomic mass is 32.1. The molecule has 5 heteroatoms. The summed E-state index contributed by atoms with van der Waals surface area (Å²) in [5.41, 5.74) is 4.22. The number of hydrogen-bond acceptors (Lipinski definition) is 5. The van der Waals surface area contributed by atoms with Crippen molar-refractivity contribution in [3.63, 3.8) is 0 Å². The SMILES string of the molecule is CNc1nc(-c2cccnc2)nc2ccc(-c3cccc4sccc34)cc12. The van der Waals surface area contributed by atoms with Crippen LogP contribution in [0.25, 0.3) is 43.5 Å². The number of benzene rings is 2. The number of fused-ring (bicyclic) bond motifs is 2. The normalized spacial score (nSPS) is 11.1. The molecular weight excluding hydrogens is 352 g/mol. The van der Waals surface area contributed by atoms with Crippen LogP contribution in [0.5, 0.6) is 0 Å². The van der Waals surface area contributed by atoms with Crippen LogP contribution in [0.1, 0.15) is 0 Å². The van der Waals surface area contributed by atoms with Gasteiger partial charge in [-0.2, -0.15) is 0 Å². The maximum Gasteiger partial charge on any atom is 0.163 e. The van der Waals surface area contributed by atoms with Crippen molar-refractivity contribution in [2.45, 2.75) is 0 Å². The zero-order valence-corrected chi connectivity index (χ0v) is 15.5. The minimum absolute atomic E-state index is 0.674. The summed E-state index contributed by atoms with van der Waals surface area (Å²) in [5.74, 6) is 1.49. The van der Waals surface area contributed by atoms with Gasteiger partial charge < -0.3 is 5.32 Å². The Morgan fingerprint density at radius 2 is 1.85 bits per heavy atom. The van der Waals surface area contributed by atoms with Crippen LogP contribution in [0, 0.1) is 0 Å². The zero-order chi connectivity index (χ0) is 18.2. The number of thiophene rings is 1. The first-order valence-electron chi connectivity index (χ1n) is 8.70. The number of pyridine rings is 1. The highest BCUT2D eigenvalue weighted by Gasteiger charge is 2.11. The summed E-state index contributed by atoms with van der Waals surface area (Å²) >= 11 is 1.76. The predicted octanol–water partition coefficient (Wildman–Crippen LogP) is 5.62. The van der Waals surface area contributed by atoms with Crippen LogP contribution < -0.4 is 5.32 Å². The fourth-order valence-electron chi connectivity index (χ4n) is 3.36. The van der Waals surface area contributed by atoms with E-state index in [-0.39, 0.29) is 0 Å². The van der Waals surface area contributed by atoms with Gasteiger partial charge in [-0.15, -0.1) is 11.3 Å². The molecule has 3 aromatic heterocycles. The lowest BCUT2D eigenvalue weighted by Crippen LogP contribution is -1.99. The Labute approximate surface area is 160 Å². The van der Waals surface area contributed by atoms with Crippen molar-refractivity contribution >= 4 is 38.1 Å². The fourth-order valence-corrected chi connectivity index (χ4v) is 4.17. The Bertz CT molecular complexity index is 1260. The number of hydrogen-bond donors (Lipinski definition) is 1. The molecule has 0 saturated heterocycles. The van der Waals surface area contributed by atoms with Gasteiger partial charge in [0.05, 0.1) is 5.52 Å². The molecule has 1 N–H and O–H groups in total. The third-order valence-electron chi connectivity index (χ3n) is 4.66. The van der Waals surface area contributed by atoms with E-state index in [1.54, 1.807) is 23.7 Å². The fraction of sp³-hybridized carbons (Fsp3) is 0.0455. The molecule has 3 heterocycles. The average Bonchev–Trinajstić information content (AvgIpc) is 3.22. The van der Waals surface area contributed by atoms with E-state index in [2.05, 4.69) is 58.1 Å². The van der Waals surface area contributed by atoms with Gasteiger partial charge in [0.15, 0.2) is 5.82 Å². The van der Waals surface area contributed by atoms with E-state index in [1.807, 2.05) is 19.2 Å². The zero-order valence-electron chi connectivity index (χ0n) is 14.7. The maximum atomic E-state index is 4.75. The summed E-state index contributed by atoms with van der Waals surface area (Å²) in [6.07, 6.45) is 3.53. The predicted molar refractivity (Wildman–Crippen MR) is 113 cm³/mol. The van der Waals surface area contributed by atoms with Crippen LogP contribution >= 0.6 is 11.3 Å². The molecule has 0 amide bonds. The minimum Gasteiger partial charge on any atom is -0.373 e. The average molecular weight is 368 g/mol. The van der Waals surface area contributed by atoms with Gasteiger partial charge in [-0.1, -0.05) is 18.2 Å². The molecule has 0 spiro atoms. The molecule has 0 unspecified atom stereocenters. The summed E-state index contributed by atoms with van der Waals surface area (Å²) in [7, 11) is 1.89. The first kappa shape index (κ1) is 15.9. The van der Waals surface area contributed by atoms with Gasteiger partial charge in [0.25, 0.3) is 0 Å². The standard InChI is InChI=1S/C22H16N4S/c1-23-22-18-12-14(16-5-2-6-20-17(16)9-11-27-20)7-8-19(18)25-21(26-22)15-4-3-10-24-13-15/h2-13H,1H3,(H,23,25,26). The molecule has 0 aliphatic heterocycles. The van der Waals surface area contributed by atoms with E-state index >= 15 is 0 Å². The topological polar surface area (TPSA) is 50.7 Å². The van der Waals surface area contributed by atoms with E-state index in [4.69, 9.17) is 9.97 Å². The number of aromatic nitrogens is 3. The van der Waals surface area contributed by atoms with Crippen molar-refractivity contribution in [1.82, 2.24) is 15.0 Å². The van der Waals surface area contributed by atoms with E-state index in [1.165, 1.54) is 21.2 Å². The van der Waals surface area contributed by atoms with Crippen LogP contribution in [0.2, 0.25) is 0 Å². The maximum absolute atomic E-state index is 4.75. The van der Waals surface area contributed by atoms with Gasteiger partial charge in [-0.05, 0) is 52.9 Å². The third-order valence-corrected chi connectivity index (χ3v) is 5.54. The lowest BCUT2D eigenvalue weighted by atomic mass is 10.0. The van der Waals surface area contributed by atoms with Crippen molar-refractivity contribution < 1.29 is 0 Å². The van der Waals surface area contributed by atoms with E-state index in [0.717, 1.165) is 22.3 Å². The molecule has 0 atom stereocenters. The molecule has 0 aliphatic carbocycles. The van der Waals surface area contributed by atoms with Crippen molar-refractivity contribution in [3.05, 3.63) is 72.4 Å². The van der Waals surface area contributed by atoms with Gasteiger partial charge in [-0.3, -0.25) is 4.98 Å². The first-order chi connectivity index (χ1) is 13.3. The molecular formula is C22H16N4S. The van der Waals surface area contributed by atoms with Gasteiger partial charge in [0.1, 0.15) is 5.82 Å². The van der Waals surface area contributed by atoms with Crippen LogP contribution in [0.4, 0.5) is 5.82 Å². The molecule has 5 rings (SSSR count). The second-order valence-electron chi connectivity index (χ2n) is 6.26. The Morgan fingerprint density at radius 1 is 0.889 bits per heavy atom. The smallest absolute Gasteiger partial charge is 0.163 e. The van der Waals surface area contributed by atoms with Crippen molar-refractivity contribution in [1.29, 1.82) is 0 Å². The molecule has 0 aliphatic rings.